The van der Waals surface area contributed by atoms with E-state index in [0.29, 0.717) is 36.3 Å². The summed E-state index contributed by atoms with van der Waals surface area (Å²) in [4.78, 5) is 22.6. The van der Waals surface area contributed by atoms with Crippen LogP contribution < -0.4 is 16.4 Å². The molecule has 2 aromatic carbocycles. The second-order valence-corrected chi connectivity index (χ2v) is 8.87. The van der Waals surface area contributed by atoms with Crippen LogP contribution in [-0.2, 0) is 17.3 Å². The summed E-state index contributed by atoms with van der Waals surface area (Å²) < 4.78 is 57.8. The summed E-state index contributed by atoms with van der Waals surface area (Å²) in [5, 5.41) is 5.35. The Kier molecular flexibility index (Phi) is 7.36. The zero-order chi connectivity index (χ0) is 25.9. The molecule has 2 aromatic heterocycles. The number of nitrogens with two attached hydrogens (primary N) is 1. The van der Waals surface area contributed by atoms with E-state index in [1.165, 1.54) is 17.7 Å². The standard InChI is InChI=1S/C24H21F4N5O2S/c1-35-10-2-3-18-19(20-21(29)30-12-31-22(20)36-18)13-4-7-15(8-5-13)32-23(34)33-17-11-14(24(26,27)28)6-9-16(17)25/h4-9,11-12H,2-3,10H2,1H3,(H2,29,30,31)(H2,32,33,34). The van der Waals surface area contributed by atoms with E-state index in [9.17, 15) is 22.4 Å². The molecule has 7 nitrogen and oxygen atoms in total. The van der Waals surface area contributed by atoms with Crippen molar-refractivity contribution >= 4 is 44.8 Å². The van der Waals surface area contributed by atoms with E-state index < -0.39 is 29.3 Å². The average molecular weight is 520 g/mol. The van der Waals surface area contributed by atoms with Gasteiger partial charge in [0.1, 0.15) is 22.8 Å². The smallest absolute Gasteiger partial charge is 0.385 e. The van der Waals surface area contributed by atoms with E-state index in [1.807, 2.05) is 0 Å². The number of nitrogens with zero attached hydrogens (tertiary/aromatic N) is 2. The van der Waals surface area contributed by atoms with E-state index in [2.05, 4.69) is 20.6 Å². The third-order valence-electron chi connectivity index (χ3n) is 5.32. The Morgan fingerprint density at radius 1 is 1.11 bits per heavy atom. The van der Waals surface area contributed by atoms with Crippen LogP contribution in [0.4, 0.5) is 39.5 Å². The largest absolute Gasteiger partial charge is 0.416 e. The van der Waals surface area contributed by atoms with Gasteiger partial charge in [0.15, 0.2) is 0 Å². The number of thiophene rings is 1. The van der Waals surface area contributed by atoms with Gasteiger partial charge in [0.05, 0.1) is 16.6 Å². The van der Waals surface area contributed by atoms with Crippen molar-refractivity contribution in [1.29, 1.82) is 0 Å². The summed E-state index contributed by atoms with van der Waals surface area (Å²) in [6, 6.07) is 7.70. The van der Waals surface area contributed by atoms with Crippen molar-refractivity contribution in [3.63, 3.8) is 0 Å². The number of benzene rings is 2. The van der Waals surface area contributed by atoms with Crippen molar-refractivity contribution < 1.29 is 27.1 Å². The van der Waals surface area contributed by atoms with Gasteiger partial charge in [-0.1, -0.05) is 12.1 Å². The maximum absolute atomic E-state index is 13.9. The maximum Gasteiger partial charge on any atom is 0.416 e. The Balaban J connectivity index is 1.55. The first-order valence-electron chi connectivity index (χ1n) is 10.7. The highest BCUT2D eigenvalue weighted by atomic mass is 32.1. The predicted molar refractivity (Wildman–Crippen MR) is 132 cm³/mol. The van der Waals surface area contributed by atoms with Gasteiger partial charge >= 0.3 is 12.2 Å². The van der Waals surface area contributed by atoms with Gasteiger partial charge in [-0.2, -0.15) is 13.2 Å². The Morgan fingerprint density at radius 2 is 1.86 bits per heavy atom. The fraction of sp³-hybridized carbons (Fsp3) is 0.208. The van der Waals surface area contributed by atoms with Crippen molar-refractivity contribution in [2.24, 2.45) is 0 Å². The Bertz CT molecular complexity index is 1390. The Labute approximate surface area is 207 Å². The van der Waals surface area contributed by atoms with Crippen LogP contribution in [0.5, 0.6) is 0 Å². The molecule has 0 radical (unpaired) electrons. The monoisotopic (exact) mass is 519 g/mol. The zero-order valence-corrected chi connectivity index (χ0v) is 19.8. The number of ether oxygens (including phenoxy) is 1. The van der Waals surface area contributed by atoms with E-state index in [4.69, 9.17) is 10.5 Å². The fourth-order valence-electron chi connectivity index (χ4n) is 3.66. The Hall–Kier alpha value is -3.77. The minimum Gasteiger partial charge on any atom is -0.385 e. The minimum absolute atomic E-state index is 0.355. The highest BCUT2D eigenvalue weighted by molar-refractivity contribution is 7.19. The van der Waals surface area contributed by atoms with Crippen molar-refractivity contribution in [2.75, 3.05) is 30.1 Å². The van der Waals surface area contributed by atoms with Crippen LogP contribution in [-0.4, -0.2) is 29.7 Å². The number of hydrogen-bond acceptors (Lipinski definition) is 6. The summed E-state index contributed by atoms with van der Waals surface area (Å²) in [5.41, 5.74) is 6.56. The molecule has 0 unspecified atom stereocenters. The lowest BCUT2D eigenvalue weighted by molar-refractivity contribution is -0.137. The summed E-state index contributed by atoms with van der Waals surface area (Å²) >= 11 is 1.52. The third-order valence-corrected chi connectivity index (χ3v) is 6.47. The molecule has 188 valence electrons. The van der Waals surface area contributed by atoms with Gasteiger partial charge in [0.25, 0.3) is 0 Å². The number of nitrogens with one attached hydrogen (secondary N) is 2. The number of carbonyl (C=O) groups is 1. The number of halogens is 4. The first kappa shape index (κ1) is 25.3. The molecular formula is C24H21F4N5O2S. The summed E-state index contributed by atoms with van der Waals surface area (Å²) in [6.07, 6.45) is -1.71. The molecule has 0 saturated carbocycles. The SMILES string of the molecule is COCCCc1sc2ncnc(N)c2c1-c1ccc(NC(=O)Nc2cc(C(F)(F)F)ccc2F)cc1. The van der Waals surface area contributed by atoms with Crippen molar-refractivity contribution in [2.45, 2.75) is 19.0 Å². The number of anilines is 3. The van der Waals surface area contributed by atoms with Gasteiger partial charge in [-0.3, -0.25) is 0 Å². The van der Waals surface area contributed by atoms with E-state index in [-0.39, 0.29) is 0 Å². The van der Waals surface area contributed by atoms with Crippen molar-refractivity contribution in [1.82, 2.24) is 9.97 Å². The molecule has 36 heavy (non-hydrogen) atoms. The molecule has 2 amide bonds. The molecule has 0 spiro atoms. The number of amides is 2. The predicted octanol–water partition coefficient (Wildman–Crippen LogP) is 6.32. The molecule has 4 rings (SSSR count). The fourth-order valence-corrected chi connectivity index (χ4v) is 4.87. The number of nitrogen functional groups attached to an aromatic ring is 1. The van der Waals surface area contributed by atoms with Gasteiger partial charge < -0.3 is 21.1 Å². The average Bonchev–Trinajstić information content (AvgIpc) is 3.20. The molecule has 0 fully saturated rings. The van der Waals surface area contributed by atoms with Crippen LogP contribution in [0.25, 0.3) is 21.3 Å². The highest BCUT2D eigenvalue weighted by Gasteiger charge is 2.31. The van der Waals surface area contributed by atoms with Gasteiger partial charge in [0.2, 0.25) is 0 Å². The van der Waals surface area contributed by atoms with E-state index in [1.54, 1.807) is 31.4 Å². The van der Waals surface area contributed by atoms with Crippen molar-refractivity contribution in [3.05, 3.63) is 65.0 Å². The second kappa shape index (κ2) is 10.5. The van der Waals surface area contributed by atoms with Crippen LogP contribution in [0.3, 0.4) is 0 Å². The minimum atomic E-state index is -4.67. The van der Waals surface area contributed by atoms with Gasteiger partial charge in [-0.25, -0.2) is 19.2 Å². The number of hydrogen-bond donors (Lipinski definition) is 3. The van der Waals surface area contributed by atoms with Crippen LogP contribution in [0.1, 0.15) is 16.9 Å². The van der Waals surface area contributed by atoms with Gasteiger partial charge in [-0.15, -0.1) is 11.3 Å². The lowest BCUT2D eigenvalue weighted by Gasteiger charge is -2.12. The molecule has 0 saturated heterocycles. The van der Waals surface area contributed by atoms with Crippen LogP contribution in [0.15, 0.2) is 48.8 Å². The molecule has 0 bridgehead atoms. The third kappa shape index (κ3) is 5.55. The van der Waals surface area contributed by atoms with Crippen LogP contribution in [0, 0.1) is 5.82 Å². The Morgan fingerprint density at radius 3 is 2.56 bits per heavy atom. The molecule has 4 N–H and O–H groups in total. The number of aryl methyl sites for hydroxylation is 1. The first-order valence-corrected chi connectivity index (χ1v) is 11.5. The molecule has 4 aromatic rings. The summed E-state index contributed by atoms with van der Waals surface area (Å²) in [5.74, 6) is -0.632. The van der Waals surface area contributed by atoms with Gasteiger partial charge in [0, 0.05) is 29.8 Å². The highest BCUT2D eigenvalue weighted by Crippen LogP contribution is 2.41. The zero-order valence-electron chi connectivity index (χ0n) is 18.9. The molecule has 0 aliphatic rings. The molecule has 0 atom stereocenters. The van der Waals surface area contributed by atoms with Crippen molar-refractivity contribution in [3.8, 4) is 11.1 Å². The first-order chi connectivity index (χ1) is 17.2. The quantitative estimate of drug-likeness (QED) is 0.196. The number of urea groups is 1. The normalized spacial score (nSPS) is 11.6. The molecule has 0 aliphatic carbocycles. The topological polar surface area (TPSA) is 102 Å². The second-order valence-electron chi connectivity index (χ2n) is 7.78. The number of fused-ring (bicyclic) bond motifs is 1. The number of methoxy groups -OCH3 is 1. The number of rotatable bonds is 7. The molecule has 12 heteroatoms. The maximum atomic E-state index is 13.9. The molecular weight excluding hydrogens is 498 g/mol. The summed E-state index contributed by atoms with van der Waals surface area (Å²) in [6.45, 7) is 0.597. The number of carbonyl (C=O) groups excluding carboxylic acids is 1. The van der Waals surface area contributed by atoms with E-state index in [0.717, 1.165) is 39.1 Å². The van der Waals surface area contributed by atoms with Gasteiger partial charge in [-0.05, 0) is 48.7 Å². The number of alkyl halides is 3. The molecule has 2 heterocycles. The summed E-state index contributed by atoms with van der Waals surface area (Å²) in [7, 11) is 1.64. The number of aromatic nitrogens is 2. The lowest BCUT2D eigenvalue weighted by atomic mass is 10.0. The van der Waals surface area contributed by atoms with Crippen LogP contribution in [0.2, 0.25) is 0 Å². The van der Waals surface area contributed by atoms with E-state index >= 15 is 0 Å². The molecule has 0 aliphatic heterocycles. The lowest BCUT2D eigenvalue weighted by Crippen LogP contribution is -2.20. The van der Waals surface area contributed by atoms with Crippen LogP contribution >= 0.6 is 11.3 Å².